The second-order valence-corrected chi connectivity index (χ2v) is 1.77. The first-order chi connectivity index (χ1) is 4.29. The van der Waals surface area contributed by atoms with Gasteiger partial charge in [0.2, 0.25) is 0 Å². The SMILES string of the molecule is O=C(O)CC1OCCO1. The highest BCUT2D eigenvalue weighted by Gasteiger charge is 2.18. The largest absolute Gasteiger partial charge is 0.481 e. The van der Waals surface area contributed by atoms with Crippen LogP contribution in [-0.2, 0) is 14.3 Å². The summed E-state index contributed by atoms with van der Waals surface area (Å²) in [5.74, 6) is -0.887. The number of carbonyl (C=O) groups is 1. The summed E-state index contributed by atoms with van der Waals surface area (Å²) in [5, 5.41) is 8.21. The molecule has 1 saturated heterocycles. The van der Waals surface area contributed by atoms with Gasteiger partial charge in [-0.1, -0.05) is 0 Å². The van der Waals surface area contributed by atoms with E-state index in [0.717, 1.165) is 0 Å². The maximum Gasteiger partial charge on any atom is 0.308 e. The van der Waals surface area contributed by atoms with Crippen LogP contribution >= 0.6 is 0 Å². The van der Waals surface area contributed by atoms with E-state index in [9.17, 15) is 4.79 Å². The van der Waals surface area contributed by atoms with Crippen LogP contribution in [0.2, 0.25) is 0 Å². The molecule has 0 aromatic heterocycles. The van der Waals surface area contributed by atoms with Crippen molar-refractivity contribution in [3.8, 4) is 0 Å². The molecule has 0 amide bonds. The number of carboxylic acid groups (broad SMARTS) is 1. The lowest BCUT2D eigenvalue weighted by atomic mass is 10.4. The number of carboxylic acids is 1. The molecule has 1 N–H and O–H groups in total. The number of aliphatic carboxylic acids is 1. The number of ether oxygens (including phenoxy) is 2. The second-order valence-electron chi connectivity index (χ2n) is 1.77. The Morgan fingerprint density at radius 2 is 2.11 bits per heavy atom. The third kappa shape index (κ3) is 1.99. The summed E-state index contributed by atoms with van der Waals surface area (Å²) >= 11 is 0. The summed E-state index contributed by atoms with van der Waals surface area (Å²) in [7, 11) is 0. The smallest absolute Gasteiger partial charge is 0.308 e. The predicted molar refractivity (Wildman–Crippen MR) is 27.9 cm³/mol. The van der Waals surface area contributed by atoms with Crippen molar-refractivity contribution >= 4 is 5.97 Å². The van der Waals surface area contributed by atoms with Crippen LogP contribution in [0.4, 0.5) is 0 Å². The van der Waals surface area contributed by atoms with Gasteiger partial charge in [-0.3, -0.25) is 4.79 Å². The van der Waals surface area contributed by atoms with E-state index in [1.165, 1.54) is 0 Å². The van der Waals surface area contributed by atoms with Gasteiger partial charge in [-0.15, -0.1) is 0 Å². The molecule has 0 spiro atoms. The molecule has 1 heterocycles. The number of rotatable bonds is 2. The average Bonchev–Trinajstić information content (AvgIpc) is 2.15. The molecule has 0 saturated carbocycles. The minimum atomic E-state index is -0.887. The van der Waals surface area contributed by atoms with Gasteiger partial charge < -0.3 is 14.6 Å². The molecule has 52 valence electrons. The molecule has 1 rings (SSSR count). The molecule has 1 aliphatic heterocycles. The van der Waals surface area contributed by atoms with E-state index in [0.29, 0.717) is 13.2 Å². The predicted octanol–water partition coefficient (Wildman–Crippen LogP) is -0.166. The first kappa shape index (κ1) is 6.51. The summed E-state index contributed by atoms with van der Waals surface area (Å²) < 4.78 is 9.72. The molecule has 1 aliphatic rings. The van der Waals surface area contributed by atoms with Crippen molar-refractivity contribution in [3.63, 3.8) is 0 Å². The Kier molecular flexibility index (Phi) is 2.02. The summed E-state index contributed by atoms with van der Waals surface area (Å²) in [6, 6.07) is 0. The maximum atomic E-state index is 10.00. The van der Waals surface area contributed by atoms with E-state index in [1.807, 2.05) is 0 Å². The first-order valence-electron chi connectivity index (χ1n) is 2.74. The van der Waals surface area contributed by atoms with Crippen LogP contribution in [0.25, 0.3) is 0 Å². The monoisotopic (exact) mass is 132 g/mol. The number of hydrogen-bond acceptors (Lipinski definition) is 3. The molecular formula is C5H8O4. The van der Waals surface area contributed by atoms with E-state index in [-0.39, 0.29) is 6.42 Å². The Balaban J connectivity index is 2.19. The van der Waals surface area contributed by atoms with Gasteiger partial charge in [-0.2, -0.15) is 0 Å². The fourth-order valence-corrected chi connectivity index (χ4v) is 0.668. The number of hydrogen-bond donors (Lipinski definition) is 1. The third-order valence-corrected chi connectivity index (χ3v) is 1.03. The zero-order valence-corrected chi connectivity index (χ0v) is 4.87. The van der Waals surface area contributed by atoms with E-state index < -0.39 is 12.3 Å². The topological polar surface area (TPSA) is 55.8 Å². The Labute approximate surface area is 52.4 Å². The van der Waals surface area contributed by atoms with E-state index in [4.69, 9.17) is 14.6 Å². The minimum absolute atomic E-state index is 0.0556. The Morgan fingerprint density at radius 1 is 1.56 bits per heavy atom. The minimum Gasteiger partial charge on any atom is -0.481 e. The lowest BCUT2D eigenvalue weighted by Gasteiger charge is -2.02. The van der Waals surface area contributed by atoms with Crippen LogP contribution in [-0.4, -0.2) is 30.6 Å². The van der Waals surface area contributed by atoms with Crippen LogP contribution in [0.5, 0.6) is 0 Å². The van der Waals surface area contributed by atoms with Gasteiger partial charge in [0.1, 0.15) is 0 Å². The van der Waals surface area contributed by atoms with Crippen molar-refractivity contribution in [1.29, 1.82) is 0 Å². The molecule has 4 heteroatoms. The normalized spacial score (nSPS) is 20.4. The molecule has 0 atom stereocenters. The van der Waals surface area contributed by atoms with Gasteiger partial charge in [0, 0.05) is 0 Å². The fourth-order valence-electron chi connectivity index (χ4n) is 0.668. The summed E-state index contributed by atoms with van der Waals surface area (Å²) in [6.07, 6.45) is -0.567. The molecule has 9 heavy (non-hydrogen) atoms. The summed E-state index contributed by atoms with van der Waals surface area (Å²) in [4.78, 5) is 10.00. The maximum absolute atomic E-state index is 10.00. The van der Waals surface area contributed by atoms with E-state index >= 15 is 0 Å². The van der Waals surface area contributed by atoms with Gasteiger partial charge in [0.25, 0.3) is 0 Å². The van der Waals surface area contributed by atoms with Crippen molar-refractivity contribution in [2.75, 3.05) is 13.2 Å². The summed E-state index contributed by atoms with van der Waals surface area (Å²) in [5.41, 5.74) is 0. The van der Waals surface area contributed by atoms with Gasteiger partial charge >= 0.3 is 5.97 Å². The molecule has 0 aromatic carbocycles. The Morgan fingerprint density at radius 3 is 2.56 bits per heavy atom. The Bertz CT molecular complexity index is 106. The van der Waals surface area contributed by atoms with Gasteiger partial charge in [-0.25, -0.2) is 0 Å². The fraction of sp³-hybridized carbons (Fsp3) is 0.800. The van der Waals surface area contributed by atoms with Crippen LogP contribution in [0.15, 0.2) is 0 Å². The molecule has 0 radical (unpaired) electrons. The molecule has 0 unspecified atom stereocenters. The van der Waals surface area contributed by atoms with Crippen LogP contribution in [0.1, 0.15) is 6.42 Å². The average molecular weight is 132 g/mol. The molecule has 4 nitrogen and oxygen atoms in total. The highest BCUT2D eigenvalue weighted by atomic mass is 16.7. The second kappa shape index (κ2) is 2.80. The van der Waals surface area contributed by atoms with Gasteiger partial charge in [0.05, 0.1) is 19.6 Å². The van der Waals surface area contributed by atoms with Crippen molar-refractivity contribution < 1.29 is 19.4 Å². The van der Waals surface area contributed by atoms with Crippen molar-refractivity contribution in [2.24, 2.45) is 0 Å². The highest BCUT2D eigenvalue weighted by Crippen LogP contribution is 2.06. The van der Waals surface area contributed by atoms with Crippen LogP contribution in [0.3, 0.4) is 0 Å². The zero-order valence-electron chi connectivity index (χ0n) is 4.87. The molecule has 0 bridgehead atoms. The third-order valence-electron chi connectivity index (χ3n) is 1.03. The molecule has 0 aliphatic carbocycles. The van der Waals surface area contributed by atoms with Crippen LogP contribution < -0.4 is 0 Å². The van der Waals surface area contributed by atoms with Gasteiger partial charge in [-0.05, 0) is 0 Å². The molecular weight excluding hydrogens is 124 g/mol. The van der Waals surface area contributed by atoms with Crippen molar-refractivity contribution in [1.82, 2.24) is 0 Å². The van der Waals surface area contributed by atoms with E-state index in [1.54, 1.807) is 0 Å². The quantitative estimate of drug-likeness (QED) is 0.567. The lowest BCUT2D eigenvalue weighted by Crippen LogP contribution is -2.13. The first-order valence-corrected chi connectivity index (χ1v) is 2.74. The highest BCUT2D eigenvalue weighted by molar-refractivity contribution is 5.67. The summed E-state index contributed by atoms with van der Waals surface area (Å²) in [6.45, 7) is 1.02. The lowest BCUT2D eigenvalue weighted by molar-refractivity contribution is -0.145. The Hall–Kier alpha value is -0.610. The zero-order chi connectivity index (χ0) is 6.69. The molecule has 0 aromatic rings. The van der Waals surface area contributed by atoms with E-state index in [2.05, 4.69) is 0 Å². The van der Waals surface area contributed by atoms with Crippen LogP contribution in [0, 0.1) is 0 Å². The standard InChI is InChI=1S/C5H8O4/c6-4(7)3-5-8-1-2-9-5/h5H,1-3H2,(H,6,7). The van der Waals surface area contributed by atoms with Crippen molar-refractivity contribution in [3.05, 3.63) is 0 Å². The molecule has 1 fully saturated rings. The van der Waals surface area contributed by atoms with Crippen molar-refractivity contribution in [2.45, 2.75) is 12.7 Å². The van der Waals surface area contributed by atoms with Gasteiger partial charge in [0.15, 0.2) is 6.29 Å².